The van der Waals surface area contributed by atoms with Crippen LogP contribution >= 0.6 is 27.3 Å². The molecule has 2 aromatic heterocycles. The molecule has 0 aliphatic heterocycles. The van der Waals surface area contributed by atoms with Gasteiger partial charge in [0.05, 0.1) is 0 Å². The van der Waals surface area contributed by atoms with Gasteiger partial charge < -0.3 is 0 Å². The Bertz CT molecular complexity index is 450. The molecular weight excluding hydrogens is 306 g/mol. The van der Waals surface area contributed by atoms with E-state index < -0.39 is 0 Å². The lowest BCUT2D eigenvalue weighted by Gasteiger charge is -2.08. The van der Waals surface area contributed by atoms with Crippen molar-refractivity contribution in [2.24, 2.45) is 0 Å². The van der Waals surface area contributed by atoms with Gasteiger partial charge in [0.25, 0.3) is 0 Å². The molecule has 0 spiro atoms. The van der Waals surface area contributed by atoms with Crippen molar-refractivity contribution in [1.29, 1.82) is 0 Å². The summed E-state index contributed by atoms with van der Waals surface area (Å²) < 4.78 is 0. The minimum Gasteiger partial charge on any atom is -0.261 e. The Morgan fingerprint density at radius 3 is 2.89 bits per heavy atom. The minimum atomic E-state index is 0.535. The van der Waals surface area contributed by atoms with E-state index in [1.165, 1.54) is 35.4 Å². The van der Waals surface area contributed by atoms with Crippen LogP contribution in [-0.2, 0) is 12.8 Å². The minimum absolute atomic E-state index is 0.535. The third kappa shape index (κ3) is 4.54. The molecule has 0 amide bonds. The Balaban J connectivity index is 1.71. The van der Waals surface area contributed by atoms with Gasteiger partial charge in [-0.3, -0.25) is 4.98 Å². The zero-order valence-electron chi connectivity index (χ0n) is 10.6. The molecule has 0 fully saturated rings. The second kappa shape index (κ2) is 7.05. The highest BCUT2D eigenvalue weighted by molar-refractivity contribution is 9.09. The van der Waals surface area contributed by atoms with Crippen LogP contribution in [0.3, 0.4) is 0 Å². The van der Waals surface area contributed by atoms with E-state index in [9.17, 15) is 0 Å². The molecule has 1 unspecified atom stereocenters. The second-order valence-corrected chi connectivity index (χ2v) is 6.93. The average molecular weight is 324 g/mol. The van der Waals surface area contributed by atoms with E-state index >= 15 is 0 Å². The van der Waals surface area contributed by atoms with Gasteiger partial charge in [-0.2, -0.15) is 0 Å². The van der Waals surface area contributed by atoms with Gasteiger partial charge >= 0.3 is 0 Å². The summed E-state index contributed by atoms with van der Waals surface area (Å²) in [6.45, 7) is 2.07. The number of thiophene rings is 1. The third-order valence-electron chi connectivity index (χ3n) is 2.92. The predicted molar refractivity (Wildman–Crippen MR) is 82.7 cm³/mol. The zero-order chi connectivity index (χ0) is 12.8. The molecular formula is C15H18BrNS. The topological polar surface area (TPSA) is 12.9 Å². The van der Waals surface area contributed by atoms with Crippen LogP contribution in [-0.4, -0.2) is 9.81 Å². The number of nitrogens with zero attached hydrogens (tertiary/aromatic N) is 1. The van der Waals surface area contributed by atoms with Gasteiger partial charge in [0.1, 0.15) is 0 Å². The Morgan fingerprint density at radius 2 is 2.22 bits per heavy atom. The van der Waals surface area contributed by atoms with Crippen molar-refractivity contribution in [3.63, 3.8) is 0 Å². The Hall–Kier alpha value is -0.670. The summed E-state index contributed by atoms with van der Waals surface area (Å²) in [4.78, 5) is 6.47. The van der Waals surface area contributed by atoms with Crippen molar-refractivity contribution in [2.75, 3.05) is 0 Å². The molecule has 2 rings (SSSR count). The van der Waals surface area contributed by atoms with Crippen LogP contribution in [0.15, 0.2) is 35.8 Å². The fourth-order valence-corrected chi connectivity index (χ4v) is 3.31. The second-order valence-electron chi connectivity index (χ2n) is 4.60. The monoisotopic (exact) mass is 323 g/mol. The van der Waals surface area contributed by atoms with Gasteiger partial charge in [-0.15, -0.1) is 11.3 Å². The predicted octanol–water partition coefficient (Wildman–Crippen LogP) is 4.78. The molecule has 1 nitrogen and oxygen atoms in total. The number of hydrogen-bond acceptors (Lipinski definition) is 2. The summed E-state index contributed by atoms with van der Waals surface area (Å²) >= 11 is 5.61. The lowest BCUT2D eigenvalue weighted by atomic mass is 10.1. The quantitative estimate of drug-likeness (QED) is 0.697. The van der Waals surface area contributed by atoms with Crippen molar-refractivity contribution in [3.05, 3.63) is 52.0 Å². The van der Waals surface area contributed by atoms with Gasteiger partial charge in [0, 0.05) is 28.0 Å². The van der Waals surface area contributed by atoms with E-state index in [1.807, 2.05) is 17.5 Å². The van der Waals surface area contributed by atoms with Crippen LogP contribution in [0.5, 0.6) is 0 Å². The van der Waals surface area contributed by atoms with Crippen molar-refractivity contribution in [3.8, 4) is 0 Å². The highest BCUT2D eigenvalue weighted by atomic mass is 79.9. The van der Waals surface area contributed by atoms with Crippen LogP contribution < -0.4 is 0 Å². The first-order chi connectivity index (χ1) is 8.74. The van der Waals surface area contributed by atoms with E-state index in [0.29, 0.717) is 4.83 Å². The van der Waals surface area contributed by atoms with Crippen LogP contribution in [0.1, 0.15) is 29.0 Å². The van der Waals surface area contributed by atoms with Crippen LogP contribution in [0.4, 0.5) is 0 Å². The maximum absolute atomic E-state index is 4.45. The first-order valence-electron chi connectivity index (χ1n) is 6.32. The fourth-order valence-electron chi connectivity index (χ4n) is 1.90. The normalized spacial score (nSPS) is 12.6. The summed E-state index contributed by atoms with van der Waals surface area (Å²) in [5, 5.41) is 2.15. The number of halogens is 1. The first kappa shape index (κ1) is 13.8. The standard InChI is InChI=1S/C15H18BrNS/c1-12-7-8-14(17-11-12)10-13(16)4-2-5-15-6-3-9-18-15/h3,6-9,11,13H,2,4-5,10H2,1H3. The Morgan fingerprint density at radius 1 is 1.33 bits per heavy atom. The number of aromatic nitrogens is 1. The van der Waals surface area contributed by atoms with Gasteiger partial charge in [-0.1, -0.05) is 28.1 Å². The Kier molecular flexibility index (Phi) is 5.39. The number of pyridine rings is 1. The summed E-state index contributed by atoms with van der Waals surface area (Å²) in [7, 11) is 0. The summed E-state index contributed by atoms with van der Waals surface area (Å²) in [5.74, 6) is 0. The van der Waals surface area contributed by atoms with Gasteiger partial charge in [0.2, 0.25) is 0 Å². The van der Waals surface area contributed by atoms with Crippen molar-refractivity contribution < 1.29 is 0 Å². The molecule has 2 aromatic rings. The lowest BCUT2D eigenvalue weighted by Crippen LogP contribution is -2.04. The molecule has 96 valence electrons. The highest BCUT2D eigenvalue weighted by Crippen LogP contribution is 2.18. The molecule has 0 N–H and O–H groups in total. The average Bonchev–Trinajstić information content (AvgIpc) is 2.85. The third-order valence-corrected chi connectivity index (χ3v) is 4.64. The molecule has 18 heavy (non-hydrogen) atoms. The van der Waals surface area contributed by atoms with Gasteiger partial charge in [-0.05, 0) is 49.3 Å². The van der Waals surface area contributed by atoms with Crippen LogP contribution in [0, 0.1) is 6.92 Å². The van der Waals surface area contributed by atoms with E-state index in [1.54, 1.807) is 0 Å². The maximum Gasteiger partial charge on any atom is 0.0414 e. The fraction of sp³-hybridized carbons (Fsp3) is 0.400. The SMILES string of the molecule is Cc1ccc(CC(Br)CCCc2cccs2)nc1. The number of alkyl halides is 1. The number of rotatable bonds is 6. The molecule has 0 aromatic carbocycles. The zero-order valence-corrected chi connectivity index (χ0v) is 13.0. The Labute approximate surface area is 121 Å². The molecule has 1 atom stereocenters. The van der Waals surface area contributed by atoms with E-state index in [4.69, 9.17) is 0 Å². The first-order valence-corrected chi connectivity index (χ1v) is 8.11. The van der Waals surface area contributed by atoms with Crippen molar-refractivity contribution in [1.82, 2.24) is 4.98 Å². The van der Waals surface area contributed by atoms with Gasteiger partial charge in [-0.25, -0.2) is 0 Å². The molecule has 0 aliphatic rings. The molecule has 2 heterocycles. The lowest BCUT2D eigenvalue weighted by molar-refractivity contribution is 0.697. The highest BCUT2D eigenvalue weighted by Gasteiger charge is 2.06. The summed E-state index contributed by atoms with van der Waals surface area (Å²) in [5.41, 5.74) is 2.40. The smallest absolute Gasteiger partial charge is 0.0414 e. The summed E-state index contributed by atoms with van der Waals surface area (Å²) in [6.07, 6.45) is 6.60. The molecule has 0 aliphatic carbocycles. The van der Waals surface area contributed by atoms with E-state index in [-0.39, 0.29) is 0 Å². The van der Waals surface area contributed by atoms with Gasteiger partial charge in [0.15, 0.2) is 0 Å². The van der Waals surface area contributed by atoms with E-state index in [2.05, 4.69) is 57.5 Å². The molecule has 3 heteroatoms. The summed E-state index contributed by atoms with van der Waals surface area (Å²) in [6, 6.07) is 8.60. The molecule has 0 saturated heterocycles. The van der Waals surface area contributed by atoms with Crippen LogP contribution in [0.25, 0.3) is 0 Å². The number of hydrogen-bond donors (Lipinski definition) is 0. The van der Waals surface area contributed by atoms with E-state index in [0.717, 1.165) is 6.42 Å². The van der Waals surface area contributed by atoms with Crippen molar-refractivity contribution in [2.45, 2.75) is 37.4 Å². The number of aryl methyl sites for hydroxylation is 2. The molecule has 0 radical (unpaired) electrons. The molecule has 0 saturated carbocycles. The largest absolute Gasteiger partial charge is 0.261 e. The maximum atomic E-state index is 4.45. The molecule has 0 bridgehead atoms. The van der Waals surface area contributed by atoms with Crippen LogP contribution in [0.2, 0.25) is 0 Å². The van der Waals surface area contributed by atoms with Crippen molar-refractivity contribution >= 4 is 27.3 Å².